The lowest BCUT2D eigenvalue weighted by Crippen LogP contribution is -2.09. The van der Waals surface area contributed by atoms with Gasteiger partial charge in [-0.3, -0.25) is 4.79 Å². The molecule has 0 aliphatic carbocycles. The van der Waals surface area contributed by atoms with Crippen molar-refractivity contribution in [3.05, 3.63) is 113 Å². The highest BCUT2D eigenvalue weighted by molar-refractivity contribution is 5.91. The van der Waals surface area contributed by atoms with Gasteiger partial charge in [-0.15, -0.1) is 0 Å². The van der Waals surface area contributed by atoms with Crippen LogP contribution in [0, 0.1) is 6.92 Å². The van der Waals surface area contributed by atoms with E-state index in [9.17, 15) is 9.59 Å². The summed E-state index contributed by atoms with van der Waals surface area (Å²) in [5.74, 6) is 0.425. The minimum atomic E-state index is -0.483. The van der Waals surface area contributed by atoms with Gasteiger partial charge in [0, 0.05) is 6.07 Å². The number of hydrogen-bond donors (Lipinski definition) is 0. The Morgan fingerprint density at radius 3 is 2.38 bits per heavy atom. The zero-order valence-corrected chi connectivity index (χ0v) is 17.2. The Morgan fingerprint density at radius 1 is 0.812 bits per heavy atom. The van der Waals surface area contributed by atoms with Crippen molar-refractivity contribution in [3.63, 3.8) is 0 Å². The number of rotatable bonds is 4. The van der Waals surface area contributed by atoms with E-state index >= 15 is 0 Å². The lowest BCUT2D eigenvalue weighted by Gasteiger charge is -2.08. The number of ether oxygens (including phenoxy) is 2. The maximum Gasteiger partial charge on any atom is 0.343 e. The predicted octanol–water partition coefficient (Wildman–Crippen LogP) is 6.27. The number of fused-ring (bicyclic) bond motifs is 2. The molecule has 4 aromatic carbocycles. The summed E-state index contributed by atoms with van der Waals surface area (Å²) in [5, 5.41) is 2.42. The standard InChI is InChI=1S/C27H18O5/c1-17-6-8-19(9-7-17)27(29)32-22-12-13-23-24(15-22)30-16-25(26(23)28)31-21-11-10-18-4-2-3-5-20(18)14-21/h2-16H,1H3. The first kappa shape index (κ1) is 19.6. The lowest BCUT2D eigenvalue weighted by atomic mass is 10.1. The summed E-state index contributed by atoms with van der Waals surface area (Å²) in [4.78, 5) is 25.2. The van der Waals surface area contributed by atoms with E-state index in [1.165, 1.54) is 12.3 Å². The number of carbonyl (C=O) groups is 1. The second kappa shape index (κ2) is 8.04. The number of carbonyl (C=O) groups excluding carboxylic acids is 1. The summed E-state index contributed by atoms with van der Waals surface area (Å²) in [6.07, 6.45) is 1.27. The van der Waals surface area contributed by atoms with E-state index in [0.717, 1.165) is 16.3 Å². The van der Waals surface area contributed by atoms with Gasteiger partial charge in [-0.25, -0.2) is 4.79 Å². The third kappa shape index (κ3) is 3.84. The van der Waals surface area contributed by atoms with Crippen molar-refractivity contribution in [1.82, 2.24) is 0 Å². The van der Waals surface area contributed by atoms with Gasteiger partial charge in [-0.1, -0.05) is 48.0 Å². The first-order valence-electron chi connectivity index (χ1n) is 10.1. The molecule has 0 fully saturated rings. The maximum absolute atomic E-state index is 12.9. The monoisotopic (exact) mass is 422 g/mol. The van der Waals surface area contributed by atoms with Gasteiger partial charge in [-0.05, 0) is 54.1 Å². The van der Waals surface area contributed by atoms with Crippen LogP contribution in [0.15, 0.2) is 100 Å². The van der Waals surface area contributed by atoms with Gasteiger partial charge in [0.1, 0.15) is 23.3 Å². The number of benzene rings is 4. The highest BCUT2D eigenvalue weighted by Gasteiger charge is 2.13. The second-order valence-electron chi connectivity index (χ2n) is 7.45. The van der Waals surface area contributed by atoms with E-state index in [1.807, 2.05) is 55.5 Å². The Labute approximate surface area is 183 Å². The topological polar surface area (TPSA) is 65.7 Å². The predicted molar refractivity (Wildman–Crippen MR) is 123 cm³/mol. The van der Waals surface area contributed by atoms with Crippen LogP contribution in [0.25, 0.3) is 21.7 Å². The number of aryl methyl sites for hydroxylation is 1. The summed E-state index contributed by atoms with van der Waals surface area (Å²) in [7, 11) is 0. The zero-order valence-electron chi connectivity index (χ0n) is 17.2. The van der Waals surface area contributed by atoms with E-state index in [-0.39, 0.29) is 16.9 Å². The molecule has 156 valence electrons. The van der Waals surface area contributed by atoms with Crippen LogP contribution in [-0.2, 0) is 0 Å². The van der Waals surface area contributed by atoms with Gasteiger partial charge >= 0.3 is 5.97 Å². The number of esters is 1. The average Bonchev–Trinajstić information content (AvgIpc) is 2.81. The van der Waals surface area contributed by atoms with Crippen molar-refractivity contribution >= 4 is 27.7 Å². The molecule has 5 heteroatoms. The van der Waals surface area contributed by atoms with Crippen molar-refractivity contribution in [1.29, 1.82) is 0 Å². The van der Waals surface area contributed by atoms with E-state index < -0.39 is 5.97 Å². The molecular formula is C27H18O5. The van der Waals surface area contributed by atoms with E-state index in [0.29, 0.717) is 22.3 Å². The van der Waals surface area contributed by atoms with Crippen LogP contribution >= 0.6 is 0 Å². The minimum absolute atomic E-state index is 0.0807. The van der Waals surface area contributed by atoms with Crippen LogP contribution in [0.3, 0.4) is 0 Å². The lowest BCUT2D eigenvalue weighted by molar-refractivity contribution is 0.0735. The van der Waals surface area contributed by atoms with Crippen LogP contribution in [0.5, 0.6) is 17.2 Å². The SMILES string of the molecule is Cc1ccc(C(=O)Oc2ccc3c(=O)c(Oc4ccc5ccccc5c4)coc3c2)cc1. The molecule has 5 aromatic rings. The summed E-state index contributed by atoms with van der Waals surface area (Å²) in [6.45, 7) is 1.94. The molecule has 0 spiro atoms. The fourth-order valence-electron chi connectivity index (χ4n) is 3.44. The zero-order chi connectivity index (χ0) is 22.1. The fraction of sp³-hybridized carbons (Fsp3) is 0.0370. The molecule has 0 saturated heterocycles. The van der Waals surface area contributed by atoms with E-state index in [1.54, 1.807) is 30.3 Å². The third-order valence-corrected chi connectivity index (χ3v) is 5.16. The first-order valence-corrected chi connectivity index (χ1v) is 10.1. The molecule has 1 heterocycles. The molecule has 0 amide bonds. The van der Waals surface area contributed by atoms with Crippen LogP contribution < -0.4 is 14.9 Å². The van der Waals surface area contributed by atoms with Crippen LogP contribution in [-0.4, -0.2) is 5.97 Å². The molecule has 0 aliphatic rings. The van der Waals surface area contributed by atoms with E-state index in [2.05, 4.69) is 0 Å². The molecule has 0 N–H and O–H groups in total. The molecule has 0 bridgehead atoms. The van der Waals surface area contributed by atoms with Crippen molar-refractivity contribution in [2.24, 2.45) is 0 Å². The molecule has 0 radical (unpaired) electrons. The average molecular weight is 422 g/mol. The maximum atomic E-state index is 12.9. The van der Waals surface area contributed by atoms with Gasteiger partial charge in [0.15, 0.2) is 0 Å². The molecule has 1 aromatic heterocycles. The molecule has 0 aliphatic heterocycles. The van der Waals surface area contributed by atoms with Gasteiger partial charge in [0.25, 0.3) is 0 Å². The number of hydrogen-bond acceptors (Lipinski definition) is 5. The van der Waals surface area contributed by atoms with Crippen molar-refractivity contribution in [2.45, 2.75) is 6.92 Å². The molecule has 0 atom stereocenters. The highest BCUT2D eigenvalue weighted by atomic mass is 16.5. The molecule has 0 saturated carbocycles. The normalized spacial score (nSPS) is 10.9. The minimum Gasteiger partial charge on any atom is -0.460 e. The van der Waals surface area contributed by atoms with Crippen molar-refractivity contribution < 1.29 is 18.7 Å². The second-order valence-corrected chi connectivity index (χ2v) is 7.45. The molecule has 32 heavy (non-hydrogen) atoms. The van der Waals surface area contributed by atoms with Gasteiger partial charge in [-0.2, -0.15) is 0 Å². The Morgan fingerprint density at radius 2 is 1.56 bits per heavy atom. The fourth-order valence-corrected chi connectivity index (χ4v) is 3.44. The van der Waals surface area contributed by atoms with Gasteiger partial charge < -0.3 is 13.9 Å². The molecule has 5 rings (SSSR count). The smallest absolute Gasteiger partial charge is 0.343 e. The Hall–Kier alpha value is -4.38. The van der Waals surface area contributed by atoms with Gasteiger partial charge in [0.05, 0.1) is 10.9 Å². The largest absolute Gasteiger partial charge is 0.460 e. The van der Waals surface area contributed by atoms with Crippen molar-refractivity contribution in [2.75, 3.05) is 0 Å². The van der Waals surface area contributed by atoms with Crippen LogP contribution in [0.2, 0.25) is 0 Å². The summed E-state index contributed by atoms with van der Waals surface area (Å²) in [5.41, 5.74) is 1.48. The summed E-state index contributed by atoms with van der Waals surface area (Å²) >= 11 is 0. The van der Waals surface area contributed by atoms with Gasteiger partial charge in [0.2, 0.25) is 11.2 Å². The molecule has 0 unspecified atom stereocenters. The summed E-state index contributed by atoms with van der Waals surface area (Å²) < 4.78 is 16.8. The molecule has 5 nitrogen and oxygen atoms in total. The Bertz CT molecular complexity index is 1510. The Balaban J connectivity index is 1.40. The quantitative estimate of drug-likeness (QED) is 0.252. The first-order chi connectivity index (χ1) is 15.6. The summed E-state index contributed by atoms with van der Waals surface area (Å²) in [6, 6.07) is 25.2. The highest BCUT2D eigenvalue weighted by Crippen LogP contribution is 2.27. The van der Waals surface area contributed by atoms with Crippen molar-refractivity contribution in [3.8, 4) is 17.2 Å². The Kier molecular flexibility index (Phi) is 4.92. The third-order valence-electron chi connectivity index (χ3n) is 5.16. The molecular weight excluding hydrogens is 404 g/mol. The van der Waals surface area contributed by atoms with Crippen LogP contribution in [0.1, 0.15) is 15.9 Å². The van der Waals surface area contributed by atoms with E-state index in [4.69, 9.17) is 13.9 Å². The van der Waals surface area contributed by atoms with Crippen LogP contribution in [0.4, 0.5) is 0 Å².